The van der Waals surface area contributed by atoms with E-state index in [0.29, 0.717) is 27.9 Å². The van der Waals surface area contributed by atoms with E-state index in [1.807, 2.05) is 17.5 Å². The van der Waals surface area contributed by atoms with E-state index in [1.165, 1.54) is 17.8 Å². The molecule has 0 radical (unpaired) electrons. The summed E-state index contributed by atoms with van der Waals surface area (Å²) in [4.78, 5) is 17.1. The molecule has 0 bridgehead atoms. The zero-order chi connectivity index (χ0) is 18.1. The Labute approximate surface area is 160 Å². The first-order valence-electron chi connectivity index (χ1n) is 8.35. The molecule has 1 amide bonds. The number of amides is 1. The smallest absolute Gasteiger partial charge is 0.255 e. The normalized spacial score (nSPS) is 13.5. The highest BCUT2D eigenvalue weighted by atomic mass is 35.5. The molecule has 26 heavy (non-hydrogen) atoms. The average Bonchev–Trinajstić information content (AvgIpc) is 3.39. The van der Waals surface area contributed by atoms with Gasteiger partial charge in [-0.05, 0) is 55.3 Å². The molecule has 1 saturated carbocycles. The van der Waals surface area contributed by atoms with Crippen LogP contribution in [0.1, 0.15) is 34.1 Å². The lowest BCUT2D eigenvalue weighted by Crippen LogP contribution is -2.11. The van der Waals surface area contributed by atoms with Crippen molar-refractivity contribution in [2.45, 2.75) is 18.8 Å². The van der Waals surface area contributed by atoms with Crippen LogP contribution >= 0.6 is 22.9 Å². The van der Waals surface area contributed by atoms with Gasteiger partial charge in [0.25, 0.3) is 5.91 Å². The van der Waals surface area contributed by atoms with Crippen LogP contribution in [0, 0.1) is 0 Å². The second kappa shape index (κ2) is 7.09. The number of aromatic nitrogens is 1. The minimum atomic E-state index is -0.193. The third-order valence-electron chi connectivity index (χ3n) is 4.30. The highest BCUT2D eigenvalue weighted by Gasteiger charge is 2.27. The number of carbonyl (C=O) groups excluding carboxylic acids is 1. The number of rotatable bonds is 5. The van der Waals surface area contributed by atoms with Crippen molar-refractivity contribution in [1.82, 2.24) is 4.98 Å². The quantitative estimate of drug-likeness (QED) is 0.622. The van der Waals surface area contributed by atoms with E-state index in [0.717, 1.165) is 11.3 Å². The van der Waals surface area contributed by atoms with Crippen molar-refractivity contribution in [2.75, 3.05) is 12.4 Å². The molecule has 4 nitrogen and oxygen atoms in total. The highest BCUT2D eigenvalue weighted by Crippen LogP contribution is 2.43. The molecule has 0 unspecified atom stereocenters. The van der Waals surface area contributed by atoms with Gasteiger partial charge >= 0.3 is 0 Å². The monoisotopic (exact) mass is 384 g/mol. The van der Waals surface area contributed by atoms with Gasteiger partial charge in [-0.1, -0.05) is 11.6 Å². The molecule has 4 rings (SSSR count). The van der Waals surface area contributed by atoms with E-state index < -0.39 is 0 Å². The van der Waals surface area contributed by atoms with Crippen LogP contribution in [0.15, 0.2) is 47.8 Å². The zero-order valence-electron chi connectivity index (χ0n) is 14.2. The molecular weight excluding hydrogens is 368 g/mol. The van der Waals surface area contributed by atoms with Gasteiger partial charge in [0, 0.05) is 28.1 Å². The summed E-state index contributed by atoms with van der Waals surface area (Å²) in [5.41, 5.74) is 2.99. The molecule has 1 aliphatic carbocycles. The van der Waals surface area contributed by atoms with E-state index in [4.69, 9.17) is 21.3 Å². The number of methoxy groups -OCH3 is 1. The number of carbonyl (C=O) groups is 1. The minimum Gasteiger partial charge on any atom is -0.497 e. The van der Waals surface area contributed by atoms with Crippen LogP contribution in [0.3, 0.4) is 0 Å². The summed E-state index contributed by atoms with van der Waals surface area (Å²) in [6.07, 6.45) is 2.47. The first kappa shape index (κ1) is 17.1. The largest absolute Gasteiger partial charge is 0.497 e. The molecule has 0 saturated heterocycles. The van der Waals surface area contributed by atoms with Crippen molar-refractivity contribution >= 4 is 34.5 Å². The number of anilines is 1. The maximum atomic E-state index is 12.4. The SMILES string of the molecule is COc1ccc(C(=O)Nc2ccc(-c3csc(C4CC4)n3)c(Cl)c2)cc1. The maximum absolute atomic E-state index is 12.4. The number of hydrogen-bond acceptors (Lipinski definition) is 4. The second-order valence-electron chi connectivity index (χ2n) is 6.22. The Hall–Kier alpha value is -2.37. The first-order chi connectivity index (χ1) is 12.6. The zero-order valence-corrected chi connectivity index (χ0v) is 15.7. The Kier molecular flexibility index (Phi) is 4.66. The second-order valence-corrected chi connectivity index (χ2v) is 7.52. The Morgan fingerprint density at radius 3 is 2.65 bits per heavy atom. The maximum Gasteiger partial charge on any atom is 0.255 e. The molecule has 0 aliphatic heterocycles. The summed E-state index contributed by atoms with van der Waals surface area (Å²) >= 11 is 8.12. The van der Waals surface area contributed by atoms with Crippen LogP contribution in [-0.4, -0.2) is 18.0 Å². The molecule has 1 heterocycles. The Balaban J connectivity index is 1.50. The Bertz CT molecular complexity index is 949. The number of thiazole rings is 1. The van der Waals surface area contributed by atoms with E-state index in [-0.39, 0.29) is 5.91 Å². The fourth-order valence-electron chi connectivity index (χ4n) is 2.68. The third-order valence-corrected chi connectivity index (χ3v) is 5.62. The van der Waals surface area contributed by atoms with Gasteiger partial charge < -0.3 is 10.1 Å². The number of hydrogen-bond donors (Lipinski definition) is 1. The molecule has 3 aromatic rings. The highest BCUT2D eigenvalue weighted by molar-refractivity contribution is 7.10. The van der Waals surface area contributed by atoms with Crippen molar-refractivity contribution in [3.8, 4) is 17.0 Å². The van der Waals surface area contributed by atoms with Gasteiger partial charge in [0.05, 0.1) is 22.8 Å². The molecule has 1 aliphatic rings. The topological polar surface area (TPSA) is 51.2 Å². The van der Waals surface area contributed by atoms with E-state index in [2.05, 4.69) is 5.32 Å². The number of benzene rings is 2. The van der Waals surface area contributed by atoms with E-state index in [1.54, 1.807) is 48.8 Å². The Morgan fingerprint density at radius 1 is 1.23 bits per heavy atom. The predicted octanol–water partition coefficient (Wildman–Crippen LogP) is 5.60. The molecule has 2 aromatic carbocycles. The van der Waals surface area contributed by atoms with Crippen molar-refractivity contribution in [3.05, 3.63) is 63.4 Å². The lowest BCUT2D eigenvalue weighted by atomic mass is 10.1. The summed E-state index contributed by atoms with van der Waals surface area (Å²) < 4.78 is 5.10. The third kappa shape index (κ3) is 3.59. The lowest BCUT2D eigenvalue weighted by molar-refractivity contribution is 0.102. The van der Waals surface area contributed by atoms with Gasteiger partial charge in [-0.15, -0.1) is 11.3 Å². The van der Waals surface area contributed by atoms with E-state index in [9.17, 15) is 4.79 Å². The number of ether oxygens (including phenoxy) is 1. The summed E-state index contributed by atoms with van der Waals surface area (Å²) in [5.74, 6) is 1.15. The first-order valence-corrected chi connectivity index (χ1v) is 9.60. The molecule has 0 atom stereocenters. The van der Waals surface area contributed by atoms with Gasteiger partial charge in [0.15, 0.2) is 0 Å². The average molecular weight is 385 g/mol. The van der Waals surface area contributed by atoms with Gasteiger partial charge in [-0.25, -0.2) is 4.98 Å². The minimum absolute atomic E-state index is 0.193. The number of nitrogens with zero attached hydrogens (tertiary/aromatic N) is 1. The fourth-order valence-corrected chi connectivity index (χ4v) is 3.94. The molecule has 1 N–H and O–H groups in total. The summed E-state index contributed by atoms with van der Waals surface area (Å²) in [6, 6.07) is 12.5. The molecule has 1 fully saturated rings. The van der Waals surface area contributed by atoms with Gasteiger partial charge in [-0.3, -0.25) is 4.79 Å². The van der Waals surface area contributed by atoms with Crippen LogP contribution in [-0.2, 0) is 0 Å². The van der Waals surface area contributed by atoms with Crippen molar-refractivity contribution in [1.29, 1.82) is 0 Å². The lowest BCUT2D eigenvalue weighted by Gasteiger charge is -2.08. The number of nitrogens with one attached hydrogen (secondary N) is 1. The summed E-state index contributed by atoms with van der Waals surface area (Å²) in [5, 5.41) is 6.67. The van der Waals surface area contributed by atoms with Crippen LogP contribution in [0.25, 0.3) is 11.3 Å². The van der Waals surface area contributed by atoms with Crippen molar-refractivity contribution in [2.24, 2.45) is 0 Å². The van der Waals surface area contributed by atoms with Gasteiger partial charge in [-0.2, -0.15) is 0 Å². The number of halogens is 1. The van der Waals surface area contributed by atoms with Crippen molar-refractivity contribution < 1.29 is 9.53 Å². The molecule has 1 aromatic heterocycles. The van der Waals surface area contributed by atoms with E-state index >= 15 is 0 Å². The fraction of sp³-hybridized carbons (Fsp3) is 0.200. The van der Waals surface area contributed by atoms with Crippen LogP contribution in [0.2, 0.25) is 5.02 Å². The Morgan fingerprint density at radius 2 is 2.00 bits per heavy atom. The predicted molar refractivity (Wildman–Crippen MR) is 105 cm³/mol. The van der Waals surface area contributed by atoms with Gasteiger partial charge in [0.2, 0.25) is 0 Å². The van der Waals surface area contributed by atoms with Gasteiger partial charge in [0.1, 0.15) is 5.75 Å². The summed E-state index contributed by atoms with van der Waals surface area (Å²) in [6.45, 7) is 0. The molecular formula is C20H17ClN2O2S. The van der Waals surface area contributed by atoms with Crippen LogP contribution in [0.4, 0.5) is 5.69 Å². The molecule has 132 valence electrons. The van der Waals surface area contributed by atoms with Crippen LogP contribution in [0.5, 0.6) is 5.75 Å². The summed E-state index contributed by atoms with van der Waals surface area (Å²) in [7, 11) is 1.59. The molecule has 6 heteroatoms. The van der Waals surface area contributed by atoms with Crippen LogP contribution < -0.4 is 10.1 Å². The standard InChI is InChI=1S/C20H17ClN2O2S/c1-25-15-7-4-12(5-8-15)19(24)22-14-6-9-16(17(21)10-14)18-11-26-20(23-18)13-2-3-13/h4-11,13H,2-3H2,1H3,(H,22,24). The van der Waals surface area contributed by atoms with Crippen molar-refractivity contribution in [3.63, 3.8) is 0 Å². The molecule has 0 spiro atoms.